The lowest BCUT2D eigenvalue weighted by Crippen LogP contribution is -2.23. The third-order valence-corrected chi connectivity index (χ3v) is 5.27. The van der Waals surface area contributed by atoms with Gasteiger partial charge < -0.3 is 5.32 Å². The van der Waals surface area contributed by atoms with Gasteiger partial charge in [-0.1, -0.05) is 42.1 Å². The van der Waals surface area contributed by atoms with Crippen molar-refractivity contribution in [2.45, 2.75) is 38.1 Å². The van der Waals surface area contributed by atoms with E-state index >= 15 is 0 Å². The molecule has 0 aliphatic rings. The third kappa shape index (κ3) is 4.36. The smallest absolute Gasteiger partial charge is 0.237 e. The van der Waals surface area contributed by atoms with Gasteiger partial charge in [0.2, 0.25) is 5.91 Å². The predicted molar refractivity (Wildman–Crippen MR) is 109 cm³/mol. The fourth-order valence-corrected chi connectivity index (χ4v) is 3.57. The van der Waals surface area contributed by atoms with Crippen molar-refractivity contribution in [3.05, 3.63) is 53.5 Å². The van der Waals surface area contributed by atoms with E-state index in [-0.39, 0.29) is 11.2 Å². The lowest BCUT2D eigenvalue weighted by molar-refractivity contribution is -0.115. The molecule has 140 valence electrons. The number of amides is 1. The number of carbonyl (C=O) groups is 1. The maximum atomic E-state index is 12.6. The topological polar surface area (TPSA) is 72.7 Å². The second kappa shape index (κ2) is 7.92. The van der Waals surface area contributed by atoms with Crippen molar-refractivity contribution in [1.82, 2.24) is 19.7 Å². The Balaban J connectivity index is 1.76. The molecule has 3 aromatic rings. The van der Waals surface area contributed by atoms with Crippen LogP contribution in [-0.2, 0) is 11.8 Å². The van der Waals surface area contributed by atoms with E-state index in [9.17, 15) is 4.79 Å². The number of nitrogens with one attached hydrogen (secondary N) is 1. The summed E-state index contributed by atoms with van der Waals surface area (Å²) in [5.41, 5.74) is 5.26. The van der Waals surface area contributed by atoms with Gasteiger partial charge in [0.1, 0.15) is 0 Å². The number of thioether (sulfide) groups is 1. The minimum Gasteiger partial charge on any atom is -0.322 e. The summed E-state index contributed by atoms with van der Waals surface area (Å²) in [6.45, 7) is 7.61. The van der Waals surface area contributed by atoms with E-state index in [0.717, 1.165) is 34.0 Å². The molecule has 7 heteroatoms. The fourth-order valence-electron chi connectivity index (χ4n) is 2.74. The Morgan fingerprint density at radius 2 is 1.85 bits per heavy atom. The molecular formula is C20H23N5OS. The number of rotatable bonds is 5. The van der Waals surface area contributed by atoms with Gasteiger partial charge in [-0.05, 0) is 33.8 Å². The molecule has 1 atom stereocenters. The van der Waals surface area contributed by atoms with Crippen LogP contribution in [0.5, 0.6) is 0 Å². The maximum absolute atomic E-state index is 12.6. The zero-order valence-corrected chi connectivity index (χ0v) is 17.0. The van der Waals surface area contributed by atoms with Crippen molar-refractivity contribution in [3.8, 4) is 11.3 Å². The first-order valence-corrected chi connectivity index (χ1v) is 9.62. The molecule has 1 amide bonds. The quantitative estimate of drug-likeness (QED) is 0.536. The minimum atomic E-state index is -0.338. The van der Waals surface area contributed by atoms with Crippen LogP contribution >= 0.6 is 11.8 Å². The minimum absolute atomic E-state index is 0.0921. The molecular weight excluding hydrogens is 358 g/mol. The number of carbonyl (C=O) groups excluding carboxylic acids is 1. The second-order valence-corrected chi connectivity index (χ2v) is 7.77. The second-order valence-electron chi connectivity index (χ2n) is 6.46. The Labute approximate surface area is 163 Å². The van der Waals surface area contributed by atoms with Crippen LogP contribution in [0.4, 0.5) is 5.69 Å². The van der Waals surface area contributed by atoms with Gasteiger partial charge in [0.05, 0.1) is 28.0 Å². The molecule has 0 aliphatic carbocycles. The van der Waals surface area contributed by atoms with Gasteiger partial charge >= 0.3 is 0 Å². The molecule has 1 aromatic carbocycles. The van der Waals surface area contributed by atoms with E-state index < -0.39 is 0 Å². The van der Waals surface area contributed by atoms with Gasteiger partial charge in [-0.25, -0.2) is 9.97 Å². The van der Waals surface area contributed by atoms with Crippen molar-refractivity contribution in [1.29, 1.82) is 0 Å². The fraction of sp³-hybridized carbons (Fsp3) is 0.300. The molecule has 0 saturated carbocycles. The highest BCUT2D eigenvalue weighted by atomic mass is 32.2. The average Bonchev–Trinajstić information content (AvgIpc) is 2.88. The SMILES string of the molecule is Cc1cc(-c2ccccc2)nc(S[C@H](C)C(=O)Nc2c(C)nn(C)c2C)n1. The molecule has 27 heavy (non-hydrogen) atoms. The lowest BCUT2D eigenvalue weighted by atomic mass is 10.1. The van der Waals surface area contributed by atoms with Crippen molar-refractivity contribution < 1.29 is 4.79 Å². The maximum Gasteiger partial charge on any atom is 0.237 e. The average molecular weight is 382 g/mol. The molecule has 0 saturated heterocycles. The zero-order valence-electron chi connectivity index (χ0n) is 16.1. The Morgan fingerprint density at radius 1 is 1.15 bits per heavy atom. The highest BCUT2D eigenvalue weighted by Gasteiger charge is 2.20. The zero-order chi connectivity index (χ0) is 19.6. The molecule has 6 nitrogen and oxygen atoms in total. The first-order chi connectivity index (χ1) is 12.8. The van der Waals surface area contributed by atoms with Gasteiger partial charge in [0.15, 0.2) is 5.16 Å². The Morgan fingerprint density at radius 3 is 2.48 bits per heavy atom. The number of aromatic nitrogens is 4. The Bertz CT molecular complexity index is 968. The molecule has 0 unspecified atom stereocenters. The number of hydrogen-bond acceptors (Lipinski definition) is 5. The Hall–Kier alpha value is -2.67. The van der Waals surface area contributed by atoms with Crippen LogP contribution in [0, 0.1) is 20.8 Å². The van der Waals surface area contributed by atoms with Crippen molar-refractivity contribution >= 4 is 23.4 Å². The van der Waals surface area contributed by atoms with E-state index in [1.165, 1.54) is 11.8 Å². The van der Waals surface area contributed by atoms with Crippen LogP contribution in [-0.4, -0.2) is 30.9 Å². The summed E-state index contributed by atoms with van der Waals surface area (Å²) >= 11 is 1.35. The molecule has 1 N–H and O–H groups in total. The highest BCUT2D eigenvalue weighted by molar-refractivity contribution is 8.00. The summed E-state index contributed by atoms with van der Waals surface area (Å²) in [5.74, 6) is -0.0921. The molecule has 0 fully saturated rings. The van der Waals surface area contributed by atoms with Crippen LogP contribution in [0.1, 0.15) is 24.0 Å². The van der Waals surface area contributed by atoms with Crippen LogP contribution in [0.25, 0.3) is 11.3 Å². The highest BCUT2D eigenvalue weighted by Crippen LogP contribution is 2.26. The van der Waals surface area contributed by atoms with Crippen LogP contribution < -0.4 is 5.32 Å². The van der Waals surface area contributed by atoms with E-state index in [4.69, 9.17) is 0 Å². The van der Waals surface area contributed by atoms with Crippen LogP contribution in [0.3, 0.4) is 0 Å². The standard InChI is InChI=1S/C20H23N5OS/c1-12-11-17(16-9-7-6-8-10-16)22-20(21-12)27-15(4)19(26)23-18-13(2)24-25(5)14(18)3/h6-11,15H,1-5H3,(H,23,26)/t15-/m1/s1. The monoisotopic (exact) mass is 381 g/mol. The van der Waals surface area contributed by atoms with Crippen molar-refractivity contribution in [3.63, 3.8) is 0 Å². The summed E-state index contributed by atoms with van der Waals surface area (Å²) in [5, 5.41) is 7.57. The van der Waals surface area contributed by atoms with Crippen LogP contribution in [0.15, 0.2) is 41.6 Å². The van der Waals surface area contributed by atoms with E-state index in [0.29, 0.717) is 5.16 Å². The summed E-state index contributed by atoms with van der Waals surface area (Å²) in [6.07, 6.45) is 0. The summed E-state index contributed by atoms with van der Waals surface area (Å²) in [4.78, 5) is 21.8. The first-order valence-electron chi connectivity index (χ1n) is 8.74. The summed E-state index contributed by atoms with van der Waals surface area (Å²) in [6, 6.07) is 11.9. The third-order valence-electron chi connectivity index (χ3n) is 4.31. The Kier molecular flexibility index (Phi) is 5.60. The van der Waals surface area contributed by atoms with Crippen molar-refractivity contribution in [2.75, 3.05) is 5.32 Å². The van der Waals surface area contributed by atoms with Crippen LogP contribution in [0.2, 0.25) is 0 Å². The van der Waals surface area contributed by atoms with Gasteiger partial charge in [0.25, 0.3) is 0 Å². The molecule has 2 heterocycles. The first kappa shape index (κ1) is 19.1. The van der Waals surface area contributed by atoms with E-state index in [1.807, 2.05) is 71.1 Å². The molecule has 0 bridgehead atoms. The van der Waals surface area contributed by atoms with Gasteiger partial charge in [-0.2, -0.15) is 5.10 Å². The van der Waals surface area contributed by atoms with Crippen molar-refractivity contribution in [2.24, 2.45) is 7.05 Å². The molecule has 0 radical (unpaired) electrons. The number of hydrogen-bond donors (Lipinski definition) is 1. The molecule has 2 aromatic heterocycles. The van der Waals surface area contributed by atoms with E-state index in [1.54, 1.807) is 4.68 Å². The largest absolute Gasteiger partial charge is 0.322 e. The number of aryl methyl sites for hydroxylation is 3. The summed E-state index contributed by atoms with van der Waals surface area (Å²) in [7, 11) is 1.86. The van der Waals surface area contributed by atoms with Gasteiger partial charge in [-0.3, -0.25) is 9.48 Å². The lowest BCUT2D eigenvalue weighted by Gasteiger charge is -2.12. The summed E-state index contributed by atoms with van der Waals surface area (Å²) < 4.78 is 1.76. The number of anilines is 1. The van der Waals surface area contributed by atoms with Gasteiger partial charge in [0, 0.05) is 18.3 Å². The molecule has 3 rings (SSSR count). The van der Waals surface area contributed by atoms with Gasteiger partial charge in [-0.15, -0.1) is 0 Å². The predicted octanol–water partition coefficient (Wildman–Crippen LogP) is 3.92. The molecule has 0 spiro atoms. The van der Waals surface area contributed by atoms with E-state index in [2.05, 4.69) is 20.4 Å². The molecule has 0 aliphatic heterocycles. The normalized spacial score (nSPS) is 12.0. The number of benzene rings is 1. The number of nitrogens with zero attached hydrogens (tertiary/aromatic N) is 4.